The molecule has 5 heteroatoms. The van der Waals surface area contributed by atoms with Gasteiger partial charge in [-0.15, -0.1) is 0 Å². The van der Waals surface area contributed by atoms with Crippen molar-refractivity contribution >= 4 is 24.4 Å². The van der Waals surface area contributed by atoms with Gasteiger partial charge in [0.05, 0.1) is 6.07 Å². The molecule has 0 unspecified atom stereocenters. The number of rotatable bonds is 4. The van der Waals surface area contributed by atoms with Crippen molar-refractivity contribution < 1.29 is 9.53 Å². The molecule has 0 spiro atoms. The molecule has 0 N–H and O–H groups in total. The van der Waals surface area contributed by atoms with E-state index >= 15 is 0 Å². The zero-order chi connectivity index (χ0) is 10.3. The SMILES string of the molecule is C[Si](C)(Cl)C=CCOC(=O)CC#N. The Morgan fingerprint density at radius 2 is 2.31 bits per heavy atom. The van der Waals surface area contributed by atoms with Gasteiger partial charge in [-0.1, -0.05) is 24.9 Å². The topological polar surface area (TPSA) is 50.1 Å². The first-order valence-corrected chi connectivity index (χ1v) is 7.94. The summed E-state index contributed by atoms with van der Waals surface area (Å²) in [6.07, 6.45) is 1.52. The number of halogens is 1. The summed E-state index contributed by atoms with van der Waals surface area (Å²) in [7, 11) is -1.71. The van der Waals surface area contributed by atoms with Gasteiger partial charge in [0.25, 0.3) is 0 Å². The number of carbonyl (C=O) groups is 1. The highest BCUT2D eigenvalue weighted by Crippen LogP contribution is 2.08. The Morgan fingerprint density at radius 3 is 2.77 bits per heavy atom. The minimum Gasteiger partial charge on any atom is -0.461 e. The molecule has 0 radical (unpaired) electrons. The molecule has 0 aliphatic carbocycles. The van der Waals surface area contributed by atoms with Crippen molar-refractivity contribution in [2.75, 3.05) is 6.61 Å². The van der Waals surface area contributed by atoms with Crippen LogP contribution in [0.1, 0.15) is 6.42 Å². The van der Waals surface area contributed by atoms with Crippen LogP contribution < -0.4 is 0 Å². The molecule has 0 fully saturated rings. The van der Waals surface area contributed by atoms with Gasteiger partial charge >= 0.3 is 5.97 Å². The van der Waals surface area contributed by atoms with Gasteiger partial charge in [-0.3, -0.25) is 4.79 Å². The number of carbonyl (C=O) groups excluding carboxylic acids is 1. The van der Waals surface area contributed by atoms with E-state index in [1.807, 2.05) is 18.8 Å². The van der Waals surface area contributed by atoms with E-state index < -0.39 is 13.4 Å². The van der Waals surface area contributed by atoms with Gasteiger partial charge in [0.2, 0.25) is 0 Å². The minimum atomic E-state index is -1.71. The van der Waals surface area contributed by atoms with Crippen LogP contribution in [-0.4, -0.2) is 20.0 Å². The summed E-state index contributed by atoms with van der Waals surface area (Å²) < 4.78 is 4.69. The van der Waals surface area contributed by atoms with Gasteiger partial charge in [-0.05, 0) is 0 Å². The lowest BCUT2D eigenvalue weighted by molar-refractivity contribution is -0.141. The maximum absolute atomic E-state index is 10.7. The van der Waals surface area contributed by atoms with E-state index in [0.29, 0.717) is 0 Å². The molecule has 0 saturated heterocycles. The van der Waals surface area contributed by atoms with Crippen LogP contribution in [0, 0.1) is 11.3 Å². The second-order valence-corrected chi connectivity index (χ2v) is 9.37. The third kappa shape index (κ3) is 9.12. The first-order chi connectivity index (χ1) is 5.95. The fourth-order valence-electron chi connectivity index (χ4n) is 0.585. The van der Waals surface area contributed by atoms with Crippen LogP contribution >= 0.6 is 11.1 Å². The Bertz CT molecular complexity index is 240. The summed E-state index contributed by atoms with van der Waals surface area (Å²) in [6, 6.07) is 1.71. The van der Waals surface area contributed by atoms with Crippen LogP contribution in [0.3, 0.4) is 0 Å². The maximum atomic E-state index is 10.7. The highest BCUT2D eigenvalue weighted by Gasteiger charge is 2.10. The number of nitriles is 1. The van der Waals surface area contributed by atoms with E-state index in [4.69, 9.17) is 21.1 Å². The highest BCUT2D eigenvalue weighted by atomic mass is 35.6. The maximum Gasteiger partial charge on any atom is 0.320 e. The average Bonchev–Trinajstić information content (AvgIpc) is 1.97. The van der Waals surface area contributed by atoms with Crippen molar-refractivity contribution in [1.82, 2.24) is 0 Å². The predicted octanol–water partition coefficient (Wildman–Crippen LogP) is 1.98. The lowest BCUT2D eigenvalue weighted by Gasteiger charge is -2.04. The van der Waals surface area contributed by atoms with Crippen molar-refractivity contribution in [3.63, 3.8) is 0 Å². The highest BCUT2D eigenvalue weighted by molar-refractivity contribution is 7.21. The van der Waals surface area contributed by atoms with Gasteiger partial charge in [-0.25, -0.2) is 0 Å². The normalized spacial score (nSPS) is 11.2. The molecule has 0 bridgehead atoms. The Hall–Kier alpha value is -0.793. The van der Waals surface area contributed by atoms with E-state index in [9.17, 15) is 4.79 Å². The van der Waals surface area contributed by atoms with Gasteiger partial charge in [-0.2, -0.15) is 16.3 Å². The first kappa shape index (κ1) is 12.2. The average molecular weight is 218 g/mol. The van der Waals surface area contributed by atoms with Crippen LogP contribution in [0.4, 0.5) is 0 Å². The summed E-state index contributed by atoms with van der Waals surface area (Å²) in [5, 5.41) is 8.14. The third-order valence-corrected chi connectivity index (χ3v) is 2.48. The molecule has 0 aliphatic rings. The van der Waals surface area contributed by atoms with Crippen molar-refractivity contribution in [3.8, 4) is 6.07 Å². The molecule has 0 atom stereocenters. The molecule has 13 heavy (non-hydrogen) atoms. The number of hydrogen-bond acceptors (Lipinski definition) is 3. The lowest BCUT2D eigenvalue weighted by Crippen LogP contribution is -2.12. The lowest BCUT2D eigenvalue weighted by atomic mass is 10.5. The van der Waals surface area contributed by atoms with Gasteiger partial charge in [0, 0.05) is 0 Å². The second kappa shape index (κ2) is 5.78. The molecule has 72 valence electrons. The molecule has 0 heterocycles. The zero-order valence-corrected chi connectivity index (χ0v) is 9.47. The Kier molecular flexibility index (Phi) is 5.43. The van der Waals surface area contributed by atoms with Crippen LogP contribution in [0.25, 0.3) is 0 Å². The molecule has 0 rings (SSSR count). The van der Waals surface area contributed by atoms with Crippen LogP contribution in [-0.2, 0) is 9.53 Å². The van der Waals surface area contributed by atoms with Crippen LogP contribution in [0.5, 0.6) is 0 Å². The van der Waals surface area contributed by atoms with Gasteiger partial charge < -0.3 is 4.74 Å². The molecular weight excluding hydrogens is 206 g/mol. The third-order valence-electron chi connectivity index (χ3n) is 1.08. The molecule has 0 aromatic rings. The summed E-state index contributed by atoms with van der Waals surface area (Å²) in [4.78, 5) is 10.7. The van der Waals surface area contributed by atoms with Crippen molar-refractivity contribution in [2.24, 2.45) is 0 Å². The number of nitrogens with zero attached hydrogens (tertiary/aromatic N) is 1. The second-order valence-electron chi connectivity index (χ2n) is 2.98. The van der Waals surface area contributed by atoms with Crippen LogP contribution in [0.15, 0.2) is 11.8 Å². The summed E-state index contributed by atoms with van der Waals surface area (Å²) in [6.45, 7) is 4.12. The van der Waals surface area contributed by atoms with E-state index in [1.165, 1.54) is 0 Å². The smallest absolute Gasteiger partial charge is 0.320 e. The molecule has 3 nitrogen and oxygen atoms in total. The van der Waals surface area contributed by atoms with E-state index in [-0.39, 0.29) is 13.0 Å². The summed E-state index contributed by atoms with van der Waals surface area (Å²) in [5.41, 5.74) is 1.87. The fourth-order valence-corrected chi connectivity index (χ4v) is 1.51. The minimum absolute atomic E-state index is 0.198. The number of hydrogen-bond donors (Lipinski definition) is 0. The van der Waals surface area contributed by atoms with Crippen LogP contribution in [0.2, 0.25) is 13.1 Å². The van der Waals surface area contributed by atoms with Crippen molar-refractivity contribution in [3.05, 3.63) is 11.8 Å². The van der Waals surface area contributed by atoms with E-state index in [0.717, 1.165) is 0 Å². The molecule has 0 amide bonds. The van der Waals surface area contributed by atoms with Crippen molar-refractivity contribution in [2.45, 2.75) is 19.5 Å². The monoisotopic (exact) mass is 217 g/mol. The Labute approximate surface area is 83.7 Å². The largest absolute Gasteiger partial charge is 0.461 e. The Morgan fingerprint density at radius 1 is 1.69 bits per heavy atom. The standard InChI is InChI=1S/C8H12ClNO2Si/c1-13(2,9)7-3-6-12-8(11)4-5-10/h3,7H,4,6H2,1-2H3. The van der Waals surface area contributed by atoms with E-state index in [1.54, 1.807) is 12.1 Å². The van der Waals surface area contributed by atoms with Gasteiger partial charge in [0.15, 0.2) is 7.38 Å². The van der Waals surface area contributed by atoms with E-state index in [2.05, 4.69) is 0 Å². The molecule has 0 saturated carbocycles. The predicted molar refractivity (Wildman–Crippen MR) is 53.7 cm³/mol. The Balaban J connectivity index is 3.63. The van der Waals surface area contributed by atoms with Crippen molar-refractivity contribution in [1.29, 1.82) is 5.26 Å². The first-order valence-electron chi connectivity index (χ1n) is 3.85. The molecule has 0 aromatic heterocycles. The van der Waals surface area contributed by atoms with Gasteiger partial charge in [0.1, 0.15) is 13.0 Å². The quantitative estimate of drug-likeness (QED) is 0.411. The number of esters is 1. The molecule has 0 aromatic carbocycles. The summed E-state index contributed by atoms with van der Waals surface area (Å²) >= 11 is 5.97. The summed E-state index contributed by atoms with van der Waals surface area (Å²) in [5.74, 6) is -0.499. The molecular formula is C8H12ClNO2Si. The number of ether oxygens (including phenoxy) is 1. The fraction of sp³-hybridized carbons (Fsp3) is 0.500. The molecule has 0 aliphatic heterocycles. The zero-order valence-electron chi connectivity index (χ0n) is 7.71.